The highest BCUT2D eigenvalue weighted by atomic mass is 32.1. The van der Waals surface area contributed by atoms with Crippen molar-refractivity contribution in [2.75, 3.05) is 18.2 Å². The standard InChI is InChI=1S/C9H10FNO2S/c1-13-8-4-6(10)2-3-7(8)11-9(12)5-14/h2-4,14H,5H2,1H3,(H,11,12). The van der Waals surface area contributed by atoms with Crippen LogP contribution in [0.3, 0.4) is 0 Å². The number of halogens is 1. The number of methoxy groups -OCH3 is 1. The Bertz CT molecular complexity index is 344. The van der Waals surface area contributed by atoms with Gasteiger partial charge in [0.25, 0.3) is 0 Å². The molecule has 0 saturated heterocycles. The lowest BCUT2D eigenvalue weighted by Crippen LogP contribution is -2.13. The molecule has 76 valence electrons. The molecule has 0 aliphatic heterocycles. The van der Waals surface area contributed by atoms with Gasteiger partial charge in [-0.3, -0.25) is 4.79 Å². The number of thiol groups is 1. The number of anilines is 1. The van der Waals surface area contributed by atoms with Crippen LogP contribution in [0.15, 0.2) is 18.2 Å². The number of ether oxygens (including phenoxy) is 1. The lowest BCUT2D eigenvalue weighted by atomic mass is 10.3. The molecule has 0 heterocycles. The van der Waals surface area contributed by atoms with Gasteiger partial charge >= 0.3 is 0 Å². The molecular formula is C9H10FNO2S. The lowest BCUT2D eigenvalue weighted by Gasteiger charge is -2.08. The summed E-state index contributed by atoms with van der Waals surface area (Å²) in [5.74, 6) is -0.315. The molecular weight excluding hydrogens is 205 g/mol. The van der Waals surface area contributed by atoms with Gasteiger partial charge < -0.3 is 10.1 Å². The van der Waals surface area contributed by atoms with Gasteiger partial charge in [0.05, 0.1) is 18.6 Å². The van der Waals surface area contributed by atoms with E-state index in [2.05, 4.69) is 17.9 Å². The second kappa shape index (κ2) is 4.85. The molecule has 0 aromatic heterocycles. The van der Waals surface area contributed by atoms with Gasteiger partial charge in [0.1, 0.15) is 11.6 Å². The number of benzene rings is 1. The van der Waals surface area contributed by atoms with Gasteiger partial charge in [0, 0.05) is 6.07 Å². The number of carbonyl (C=O) groups is 1. The van der Waals surface area contributed by atoms with Gasteiger partial charge in [0.2, 0.25) is 5.91 Å². The molecule has 0 saturated carbocycles. The van der Waals surface area contributed by atoms with Crippen LogP contribution < -0.4 is 10.1 Å². The monoisotopic (exact) mass is 215 g/mol. The van der Waals surface area contributed by atoms with Gasteiger partial charge in [-0.1, -0.05) is 0 Å². The van der Waals surface area contributed by atoms with Crippen molar-refractivity contribution in [1.29, 1.82) is 0 Å². The van der Waals surface area contributed by atoms with Crippen LogP contribution in [0.4, 0.5) is 10.1 Å². The lowest BCUT2D eigenvalue weighted by molar-refractivity contribution is -0.113. The molecule has 0 radical (unpaired) electrons. The van der Waals surface area contributed by atoms with Gasteiger partial charge in [-0.05, 0) is 12.1 Å². The average Bonchev–Trinajstić information content (AvgIpc) is 2.20. The van der Waals surface area contributed by atoms with E-state index in [1.807, 2.05) is 0 Å². The fourth-order valence-corrected chi connectivity index (χ4v) is 1.04. The largest absolute Gasteiger partial charge is 0.494 e. The summed E-state index contributed by atoms with van der Waals surface area (Å²) in [7, 11) is 1.41. The van der Waals surface area contributed by atoms with E-state index in [-0.39, 0.29) is 11.7 Å². The van der Waals surface area contributed by atoms with Crippen LogP contribution in [-0.2, 0) is 4.79 Å². The van der Waals surface area contributed by atoms with Crippen LogP contribution in [0, 0.1) is 5.82 Å². The number of hydrogen-bond acceptors (Lipinski definition) is 3. The van der Waals surface area contributed by atoms with E-state index in [0.29, 0.717) is 11.4 Å². The molecule has 1 aromatic carbocycles. The fraction of sp³-hybridized carbons (Fsp3) is 0.222. The van der Waals surface area contributed by atoms with E-state index >= 15 is 0 Å². The third-order valence-corrected chi connectivity index (χ3v) is 1.87. The first-order valence-corrected chi connectivity index (χ1v) is 4.55. The second-order valence-corrected chi connectivity index (χ2v) is 2.87. The van der Waals surface area contributed by atoms with Gasteiger partial charge in [-0.2, -0.15) is 12.6 Å². The maximum Gasteiger partial charge on any atom is 0.234 e. The SMILES string of the molecule is COc1cc(F)ccc1NC(=O)CS. The second-order valence-electron chi connectivity index (χ2n) is 2.55. The summed E-state index contributed by atoms with van der Waals surface area (Å²) in [6.07, 6.45) is 0. The minimum Gasteiger partial charge on any atom is -0.494 e. The Hall–Kier alpha value is -1.23. The van der Waals surface area contributed by atoms with E-state index in [4.69, 9.17) is 4.74 Å². The van der Waals surface area contributed by atoms with Crippen molar-refractivity contribution in [2.45, 2.75) is 0 Å². The topological polar surface area (TPSA) is 38.3 Å². The predicted molar refractivity (Wildman–Crippen MR) is 55.4 cm³/mol. The highest BCUT2D eigenvalue weighted by Gasteiger charge is 2.06. The van der Waals surface area contributed by atoms with Crippen LogP contribution in [-0.4, -0.2) is 18.8 Å². The smallest absolute Gasteiger partial charge is 0.234 e. The van der Waals surface area contributed by atoms with Crippen LogP contribution in [0.2, 0.25) is 0 Å². The molecule has 0 bridgehead atoms. The average molecular weight is 215 g/mol. The Kier molecular flexibility index (Phi) is 3.76. The molecule has 1 N–H and O–H groups in total. The number of rotatable bonds is 3. The maximum absolute atomic E-state index is 12.7. The van der Waals surface area contributed by atoms with E-state index in [1.54, 1.807) is 0 Å². The first-order valence-electron chi connectivity index (χ1n) is 3.91. The minimum atomic E-state index is -0.411. The first kappa shape index (κ1) is 10.8. The number of hydrogen-bond donors (Lipinski definition) is 2. The first-order chi connectivity index (χ1) is 6.67. The summed E-state index contributed by atoms with van der Waals surface area (Å²) in [6, 6.07) is 3.89. The molecule has 0 spiro atoms. The molecule has 0 aliphatic carbocycles. The van der Waals surface area contributed by atoms with Crippen LogP contribution in [0.1, 0.15) is 0 Å². The van der Waals surface area contributed by atoms with Gasteiger partial charge in [-0.15, -0.1) is 0 Å². The van der Waals surface area contributed by atoms with Crippen LogP contribution in [0.25, 0.3) is 0 Å². The van der Waals surface area contributed by atoms with Crippen LogP contribution >= 0.6 is 12.6 Å². The summed E-state index contributed by atoms with van der Waals surface area (Å²) in [6.45, 7) is 0. The third-order valence-electron chi connectivity index (χ3n) is 1.58. The minimum absolute atomic E-state index is 0.0700. The van der Waals surface area contributed by atoms with Crippen molar-refractivity contribution in [3.05, 3.63) is 24.0 Å². The zero-order chi connectivity index (χ0) is 10.6. The molecule has 1 amide bonds. The molecule has 5 heteroatoms. The van der Waals surface area contributed by atoms with E-state index < -0.39 is 5.82 Å². The number of nitrogens with one attached hydrogen (secondary N) is 1. The quantitative estimate of drug-likeness (QED) is 0.753. The van der Waals surface area contributed by atoms with Crippen LogP contribution in [0.5, 0.6) is 5.75 Å². The maximum atomic E-state index is 12.7. The van der Waals surface area contributed by atoms with E-state index in [1.165, 1.54) is 25.3 Å². The van der Waals surface area contributed by atoms with E-state index in [9.17, 15) is 9.18 Å². The fourth-order valence-electron chi connectivity index (χ4n) is 0.958. The normalized spacial score (nSPS) is 9.64. The Labute approximate surface area is 86.7 Å². The molecule has 0 aliphatic rings. The summed E-state index contributed by atoms with van der Waals surface area (Å²) in [5.41, 5.74) is 0.438. The molecule has 1 rings (SSSR count). The molecule has 3 nitrogen and oxygen atoms in total. The molecule has 0 atom stereocenters. The van der Waals surface area contributed by atoms with Gasteiger partial charge in [0.15, 0.2) is 0 Å². The predicted octanol–water partition coefficient (Wildman–Crippen LogP) is 1.70. The molecule has 0 unspecified atom stereocenters. The Morgan fingerprint density at radius 3 is 2.93 bits per heavy atom. The number of carbonyl (C=O) groups excluding carboxylic acids is 1. The molecule has 1 aromatic rings. The molecule has 0 fully saturated rings. The summed E-state index contributed by atoms with van der Waals surface area (Å²) in [5, 5.41) is 2.53. The third kappa shape index (κ3) is 2.63. The van der Waals surface area contributed by atoms with Crippen molar-refractivity contribution in [2.24, 2.45) is 0 Å². The van der Waals surface area contributed by atoms with Crippen molar-refractivity contribution in [3.63, 3.8) is 0 Å². The van der Waals surface area contributed by atoms with Crippen molar-refractivity contribution in [1.82, 2.24) is 0 Å². The highest BCUT2D eigenvalue weighted by molar-refractivity contribution is 7.81. The Balaban J connectivity index is 2.90. The summed E-state index contributed by atoms with van der Waals surface area (Å²) < 4.78 is 17.6. The Morgan fingerprint density at radius 1 is 1.64 bits per heavy atom. The molecule has 14 heavy (non-hydrogen) atoms. The van der Waals surface area contributed by atoms with Crippen molar-refractivity contribution >= 4 is 24.2 Å². The Morgan fingerprint density at radius 2 is 2.36 bits per heavy atom. The highest BCUT2D eigenvalue weighted by Crippen LogP contribution is 2.24. The zero-order valence-corrected chi connectivity index (χ0v) is 8.48. The van der Waals surface area contributed by atoms with Crippen molar-refractivity contribution < 1.29 is 13.9 Å². The summed E-state index contributed by atoms with van der Waals surface area (Å²) >= 11 is 3.80. The van der Waals surface area contributed by atoms with Crippen molar-refractivity contribution in [3.8, 4) is 5.75 Å². The summed E-state index contributed by atoms with van der Waals surface area (Å²) in [4.78, 5) is 11.0. The van der Waals surface area contributed by atoms with Gasteiger partial charge in [-0.25, -0.2) is 4.39 Å². The van der Waals surface area contributed by atoms with E-state index in [0.717, 1.165) is 0 Å². The zero-order valence-electron chi connectivity index (χ0n) is 7.58. The number of amides is 1.